The van der Waals surface area contributed by atoms with E-state index in [0.717, 1.165) is 16.9 Å². The summed E-state index contributed by atoms with van der Waals surface area (Å²) in [5.74, 6) is 1.95. The summed E-state index contributed by atoms with van der Waals surface area (Å²) in [6.07, 6.45) is 0. The van der Waals surface area contributed by atoms with E-state index < -0.39 is 5.25 Å². The second kappa shape index (κ2) is 9.07. The fourth-order valence-corrected chi connectivity index (χ4v) is 4.74. The number of nitrogens with one attached hydrogen (secondary N) is 2. The molecule has 0 unspecified atom stereocenters. The molecule has 0 spiro atoms. The van der Waals surface area contributed by atoms with Crippen molar-refractivity contribution in [1.82, 2.24) is 20.2 Å². The molecule has 2 heterocycles. The van der Waals surface area contributed by atoms with Crippen molar-refractivity contribution in [3.63, 3.8) is 0 Å². The number of rotatable bonds is 6. The lowest BCUT2D eigenvalue weighted by molar-refractivity contribution is -0.121. The van der Waals surface area contributed by atoms with Crippen molar-refractivity contribution >= 4 is 29.3 Å². The third kappa shape index (κ3) is 4.42. The Balaban J connectivity index is 1.57. The Morgan fingerprint density at radius 2 is 1.97 bits per heavy atom. The van der Waals surface area contributed by atoms with Crippen molar-refractivity contribution in [2.45, 2.75) is 29.9 Å². The largest absolute Gasteiger partial charge is 0.497 e. The SMILES string of the molecule is COc1ccc(CNC(=O)[C@H]2Sc3nnc(C)n3N[C@H]2c2ccc(OC)c(Cl)c2)cc1. The van der Waals surface area contributed by atoms with Crippen molar-refractivity contribution in [3.05, 3.63) is 64.4 Å². The number of hydrogen-bond donors (Lipinski definition) is 2. The Morgan fingerprint density at radius 3 is 2.65 bits per heavy atom. The Kier molecular flexibility index (Phi) is 6.24. The number of nitrogens with zero attached hydrogens (tertiary/aromatic N) is 3. The number of thioether (sulfide) groups is 1. The average Bonchev–Trinajstić information content (AvgIpc) is 3.16. The van der Waals surface area contributed by atoms with E-state index in [1.807, 2.05) is 43.3 Å². The molecule has 0 bridgehead atoms. The highest BCUT2D eigenvalue weighted by Crippen LogP contribution is 2.38. The molecule has 0 saturated heterocycles. The molecule has 0 saturated carbocycles. The predicted molar refractivity (Wildman–Crippen MR) is 119 cm³/mol. The smallest absolute Gasteiger partial charge is 0.236 e. The van der Waals surface area contributed by atoms with Gasteiger partial charge in [0.25, 0.3) is 0 Å². The van der Waals surface area contributed by atoms with Crippen molar-refractivity contribution < 1.29 is 14.3 Å². The van der Waals surface area contributed by atoms with E-state index in [1.165, 1.54) is 11.8 Å². The van der Waals surface area contributed by atoms with Gasteiger partial charge in [-0.15, -0.1) is 10.2 Å². The van der Waals surface area contributed by atoms with Crippen molar-refractivity contribution in [1.29, 1.82) is 0 Å². The van der Waals surface area contributed by atoms with Crippen LogP contribution in [0.3, 0.4) is 0 Å². The number of amides is 1. The highest BCUT2D eigenvalue weighted by atomic mass is 35.5. The standard InChI is InChI=1S/C21H22ClN5O3S/c1-12-24-25-21-27(12)26-18(14-6-9-17(30-3)16(22)10-14)19(31-21)20(28)23-11-13-4-7-15(29-2)8-5-13/h4-10,18-19,26H,11H2,1-3H3,(H,23,28)/t18-,19-/m0/s1. The van der Waals surface area contributed by atoms with Crippen LogP contribution in [0.5, 0.6) is 11.5 Å². The van der Waals surface area contributed by atoms with Crippen LogP contribution < -0.4 is 20.2 Å². The van der Waals surface area contributed by atoms with Gasteiger partial charge in [-0.25, -0.2) is 4.68 Å². The first-order chi connectivity index (χ1) is 15.0. The van der Waals surface area contributed by atoms with E-state index in [0.29, 0.717) is 28.3 Å². The Bertz CT molecular complexity index is 1090. The second-order valence-corrected chi connectivity index (χ2v) is 8.49. The normalized spacial score (nSPS) is 17.4. The lowest BCUT2D eigenvalue weighted by atomic mass is 10.0. The lowest BCUT2D eigenvalue weighted by Crippen LogP contribution is -2.44. The van der Waals surface area contributed by atoms with Gasteiger partial charge >= 0.3 is 0 Å². The summed E-state index contributed by atoms with van der Waals surface area (Å²) in [6, 6.07) is 12.7. The van der Waals surface area contributed by atoms with Crippen LogP contribution in [0, 0.1) is 6.92 Å². The van der Waals surface area contributed by atoms with Crippen molar-refractivity contribution in [3.8, 4) is 11.5 Å². The monoisotopic (exact) mass is 459 g/mol. The van der Waals surface area contributed by atoms with Crippen LogP contribution in [-0.4, -0.2) is 40.3 Å². The Morgan fingerprint density at radius 1 is 1.19 bits per heavy atom. The molecule has 8 nitrogen and oxygen atoms in total. The molecular formula is C21H22ClN5O3S. The Labute approximate surface area is 189 Å². The van der Waals surface area contributed by atoms with Gasteiger partial charge in [-0.1, -0.05) is 41.6 Å². The molecular weight excluding hydrogens is 438 g/mol. The fraction of sp³-hybridized carbons (Fsp3) is 0.286. The summed E-state index contributed by atoms with van der Waals surface area (Å²) in [6.45, 7) is 2.26. The zero-order valence-electron chi connectivity index (χ0n) is 17.3. The van der Waals surface area contributed by atoms with Gasteiger partial charge in [-0.05, 0) is 42.3 Å². The molecule has 1 aliphatic rings. The molecule has 3 aromatic rings. The lowest BCUT2D eigenvalue weighted by Gasteiger charge is -2.33. The minimum atomic E-state index is -0.473. The number of fused-ring (bicyclic) bond motifs is 1. The topological polar surface area (TPSA) is 90.3 Å². The van der Waals surface area contributed by atoms with Gasteiger partial charge in [0.05, 0.1) is 25.3 Å². The zero-order chi connectivity index (χ0) is 22.0. The van der Waals surface area contributed by atoms with Crippen LogP contribution in [-0.2, 0) is 11.3 Å². The summed E-state index contributed by atoms with van der Waals surface area (Å²) in [5.41, 5.74) is 5.20. The third-order valence-corrected chi connectivity index (χ3v) is 6.53. The van der Waals surface area contributed by atoms with Gasteiger partial charge in [0.15, 0.2) is 0 Å². The van der Waals surface area contributed by atoms with Gasteiger partial charge in [0, 0.05) is 6.54 Å². The minimum Gasteiger partial charge on any atom is -0.497 e. The molecule has 0 fully saturated rings. The summed E-state index contributed by atoms with van der Waals surface area (Å²) >= 11 is 7.72. The second-order valence-electron chi connectivity index (χ2n) is 6.97. The van der Waals surface area contributed by atoms with E-state index in [2.05, 4.69) is 20.9 Å². The third-order valence-electron chi connectivity index (χ3n) is 5.02. The minimum absolute atomic E-state index is 0.114. The molecule has 2 atom stereocenters. The molecule has 1 amide bonds. The quantitative estimate of drug-likeness (QED) is 0.584. The van der Waals surface area contributed by atoms with E-state index in [-0.39, 0.29) is 11.9 Å². The number of aromatic nitrogens is 3. The molecule has 1 aliphatic heterocycles. The number of hydrogen-bond acceptors (Lipinski definition) is 7. The van der Waals surface area contributed by atoms with Gasteiger partial charge in [-0.3, -0.25) is 4.79 Å². The van der Waals surface area contributed by atoms with Crippen LogP contribution in [0.15, 0.2) is 47.6 Å². The summed E-state index contributed by atoms with van der Waals surface area (Å²) in [4.78, 5) is 13.2. The van der Waals surface area contributed by atoms with E-state index in [9.17, 15) is 4.79 Å². The van der Waals surface area contributed by atoms with Crippen LogP contribution in [0.4, 0.5) is 0 Å². The number of benzene rings is 2. The van der Waals surface area contributed by atoms with Crippen molar-refractivity contribution in [2.24, 2.45) is 0 Å². The van der Waals surface area contributed by atoms with Gasteiger partial charge in [0.2, 0.25) is 11.1 Å². The van der Waals surface area contributed by atoms with Crippen LogP contribution >= 0.6 is 23.4 Å². The molecule has 31 heavy (non-hydrogen) atoms. The summed E-state index contributed by atoms with van der Waals surface area (Å²) in [7, 11) is 3.19. The number of aryl methyl sites for hydroxylation is 1. The van der Waals surface area contributed by atoms with Gasteiger partial charge < -0.3 is 20.2 Å². The number of carbonyl (C=O) groups is 1. The number of carbonyl (C=O) groups excluding carboxylic acids is 1. The van der Waals surface area contributed by atoms with Crippen LogP contribution in [0.25, 0.3) is 0 Å². The molecule has 162 valence electrons. The molecule has 0 aliphatic carbocycles. The molecule has 2 N–H and O–H groups in total. The summed E-state index contributed by atoms with van der Waals surface area (Å²) in [5, 5.41) is 12.0. The zero-order valence-corrected chi connectivity index (χ0v) is 18.8. The first-order valence-electron chi connectivity index (χ1n) is 9.59. The highest BCUT2D eigenvalue weighted by Gasteiger charge is 2.37. The first kappa shape index (κ1) is 21.3. The number of ether oxygens (including phenoxy) is 2. The molecule has 1 aromatic heterocycles. The molecule has 10 heteroatoms. The van der Waals surface area contributed by atoms with E-state index in [4.69, 9.17) is 21.1 Å². The predicted octanol–water partition coefficient (Wildman–Crippen LogP) is 3.33. The first-order valence-corrected chi connectivity index (χ1v) is 10.8. The van der Waals surface area contributed by atoms with E-state index in [1.54, 1.807) is 25.0 Å². The molecule has 4 rings (SSSR count). The highest BCUT2D eigenvalue weighted by molar-refractivity contribution is 8.00. The van der Waals surface area contributed by atoms with Crippen LogP contribution in [0.2, 0.25) is 5.02 Å². The molecule has 0 radical (unpaired) electrons. The van der Waals surface area contributed by atoms with Gasteiger partial charge in [-0.2, -0.15) is 0 Å². The van der Waals surface area contributed by atoms with Crippen molar-refractivity contribution in [2.75, 3.05) is 19.6 Å². The average molecular weight is 460 g/mol. The number of methoxy groups -OCH3 is 2. The van der Waals surface area contributed by atoms with E-state index >= 15 is 0 Å². The van der Waals surface area contributed by atoms with Crippen LogP contribution in [0.1, 0.15) is 23.0 Å². The fourth-order valence-electron chi connectivity index (χ4n) is 3.32. The summed E-state index contributed by atoms with van der Waals surface area (Å²) < 4.78 is 12.2. The maximum absolute atomic E-state index is 13.2. The Hall–Kier alpha value is -2.91. The number of halogens is 1. The maximum atomic E-state index is 13.2. The van der Waals surface area contributed by atoms with Gasteiger partial charge in [0.1, 0.15) is 22.6 Å². The molecule has 2 aromatic carbocycles. The maximum Gasteiger partial charge on any atom is 0.236 e.